The van der Waals surface area contributed by atoms with E-state index in [1.165, 1.54) is 18.2 Å². The standard InChI is InChI=1S/C13H8F7N3O2/c14-11(15,12(16,17)13(18,19)20)10(25)23-21-5-7-6-3-1-2-4-8(6)22-9(7)24/h1-5,7H,(H,22,24)(H,23,25)/b21-5-. The topological polar surface area (TPSA) is 70.6 Å². The Bertz CT molecular complexity index is 731. The molecule has 0 aliphatic carbocycles. The number of hydrogen-bond donors (Lipinski definition) is 2. The molecule has 12 heteroatoms. The van der Waals surface area contributed by atoms with Crippen molar-refractivity contribution in [3.63, 3.8) is 0 Å². The molecule has 136 valence electrons. The van der Waals surface area contributed by atoms with Gasteiger partial charge in [-0.15, -0.1) is 0 Å². The van der Waals surface area contributed by atoms with E-state index < -0.39 is 35.8 Å². The van der Waals surface area contributed by atoms with Crippen molar-refractivity contribution in [2.75, 3.05) is 5.32 Å². The smallest absolute Gasteiger partial charge is 0.325 e. The number of nitrogens with zero attached hydrogens (tertiary/aromatic N) is 1. The average molecular weight is 371 g/mol. The Hall–Kier alpha value is -2.66. The number of para-hydroxylation sites is 1. The second-order valence-corrected chi connectivity index (χ2v) is 4.92. The summed E-state index contributed by atoms with van der Waals surface area (Å²) in [7, 11) is 0. The van der Waals surface area contributed by atoms with Gasteiger partial charge >= 0.3 is 23.9 Å². The molecule has 0 radical (unpaired) electrons. The molecule has 1 aromatic carbocycles. The van der Waals surface area contributed by atoms with E-state index >= 15 is 0 Å². The van der Waals surface area contributed by atoms with E-state index in [9.17, 15) is 40.3 Å². The Morgan fingerprint density at radius 3 is 2.32 bits per heavy atom. The molecule has 0 fully saturated rings. The second-order valence-electron chi connectivity index (χ2n) is 4.92. The van der Waals surface area contributed by atoms with Crippen molar-refractivity contribution >= 4 is 23.7 Å². The molecule has 1 aliphatic rings. The number of nitrogens with one attached hydrogen (secondary N) is 2. The van der Waals surface area contributed by atoms with E-state index in [-0.39, 0.29) is 0 Å². The molecule has 2 N–H and O–H groups in total. The number of hydrogen-bond acceptors (Lipinski definition) is 3. The quantitative estimate of drug-likeness (QED) is 0.485. The van der Waals surface area contributed by atoms with Crippen molar-refractivity contribution in [3.8, 4) is 0 Å². The first-order chi connectivity index (χ1) is 11.4. The molecule has 0 saturated carbocycles. The van der Waals surface area contributed by atoms with Gasteiger partial charge in [0.05, 0.1) is 0 Å². The number of carbonyl (C=O) groups is 2. The van der Waals surface area contributed by atoms with Crippen LogP contribution >= 0.6 is 0 Å². The summed E-state index contributed by atoms with van der Waals surface area (Å²) in [4.78, 5) is 22.7. The molecule has 0 spiro atoms. The third kappa shape index (κ3) is 3.15. The van der Waals surface area contributed by atoms with Crippen LogP contribution in [0.5, 0.6) is 0 Å². The molecule has 5 nitrogen and oxygen atoms in total. The molecular weight excluding hydrogens is 363 g/mol. The fraction of sp³-hybridized carbons (Fsp3) is 0.308. The van der Waals surface area contributed by atoms with Crippen LogP contribution in [0.3, 0.4) is 0 Å². The third-order valence-electron chi connectivity index (χ3n) is 3.26. The second kappa shape index (κ2) is 6.01. The van der Waals surface area contributed by atoms with Gasteiger partial charge in [0.15, 0.2) is 0 Å². The Labute approximate surface area is 134 Å². The molecular formula is C13H8F7N3O2. The summed E-state index contributed by atoms with van der Waals surface area (Å²) in [6.07, 6.45) is -6.00. The monoisotopic (exact) mass is 371 g/mol. The maximum absolute atomic E-state index is 13.1. The fourth-order valence-corrected chi connectivity index (χ4v) is 1.94. The number of alkyl halides is 7. The van der Waals surface area contributed by atoms with Crippen molar-refractivity contribution in [2.45, 2.75) is 23.9 Å². The molecule has 1 aliphatic heterocycles. The molecule has 2 rings (SSSR count). The van der Waals surface area contributed by atoms with Gasteiger partial charge in [-0.05, 0) is 11.6 Å². The van der Waals surface area contributed by atoms with E-state index in [1.54, 1.807) is 6.07 Å². The van der Waals surface area contributed by atoms with Crippen molar-refractivity contribution in [1.29, 1.82) is 0 Å². The van der Waals surface area contributed by atoms with Gasteiger partial charge in [-0.2, -0.15) is 35.8 Å². The van der Waals surface area contributed by atoms with Gasteiger partial charge in [-0.1, -0.05) is 18.2 Å². The number of carbonyl (C=O) groups excluding carboxylic acids is 2. The summed E-state index contributed by atoms with van der Waals surface area (Å²) in [6.45, 7) is 0. The summed E-state index contributed by atoms with van der Waals surface area (Å²) >= 11 is 0. The van der Waals surface area contributed by atoms with Crippen LogP contribution in [0.15, 0.2) is 29.4 Å². The third-order valence-corrected chi connectivity index (χ3v) is 3.26. The maximum Gasteiger partial charge on any atom is 0.460 e. The van der Waals surface area contributed by atoms with Crippen molar-refractivity contribution in [2.24, 2.45) is 5.10 Å². The molecule has 1 heterocycles. The first-order valence-corrected chi connectivity index (χ1v) is 6.45. The van der Waals surface area contributed by atoms with E-state index in [2.05, 4.69) is 10.4 Å². The van der Waals surface area contributed by atoms with Gasteiger partial charge in [-0.25, -0.2) is 5.43 Å². The zero-order chi connectivity index (χ0) is 19.0. The minimum absolute atomic E-state index is 0.359. The Balaban J connectivity index is 2.12. The van der Waals surface area contributed by atoms with Gasteiger partial charge < -0.3 is 5.32 Å². The minimum atomic E-state index is -6.64. The zero-order valence-corrected chi connectivity index (χ0v) is 11.9. The fourth-order valence-electron chi connectivity index (χ4n) is 1.94. The highest BCUT2D eigenvalue weighted by atomic mass is 19.4. The Kier molecular flexibility index (Phi) is 4.49. The molecule has 1 unspecified atom stereocenters. The molecule has 25 heavy (non-hydrogen) atoms. The number of amides is 2. The van der Waals surface area contributed by atoms with Crippen molar-refractivity contribution < 1.29 is 40.3 Å². The lowest BCUT2D eigenvalue weighted by Gasteiger charge is -2.26. The average Bonchev–Trinajstić information content (AvgIpc) is 2.81. The molecule has 2 amide bonds. The van der Waals surface area contributed by atoms with E-state index in [0.717, 1.165) is 5.43 Å². The van der Waals surface area contributed by atoms with E-state index in [4.69, 9.17) is 0 Å². The van der Waals surface area contributed by atoms with Gasteiger partial charge in [-0.3, -0.25) is 9.59 Å². The maximum atomic E-state index is 13.1. The van der Waals surface area contributed by atoms with E-state index in [0.29, 0.717) is 17.5 Å². The van der Waals surface area contributed by atoms with Crippen LogP contribution in [-0.4, -0.2) is 36.1 Å². The van der Waals surface area contributed by atoms with Crippen molar-refractivity contribution in [1.82, 2.24) is 5.43 Å². The number of halogens is 7. The number of benzene rings is 1. The highest BCUT2D eigenvalue weighted by Crippen LogP contribution is 2.46. The molecule has 0 bridgehead atoms. The first-order valence-electron chi connectivity index (χ1n) is 6.45. The summed E-state index contributed by atoms with van der Waals surface area (Å²) in [5.41, 5.74) is 1.64. The van der Waals surface area contributed by atoms with Gasteiger partial charge in [0, 0.05) is 11.9 Å². The lowest BCUT2D eigenvalue weighted by Crippen LogP contribution is -2.58. The van der Waals surface area contributed by atoms with Crippen LogP contribution in [-0.2, 0) is 9.59 Å². The van der Waals surface area contributed by atoms with Crippen LogP contribution < -0.4 is 10.7 Å². The number of anilines is 1. The van der Waals surface area contributed by atoms with E-state index in [1.807, 2.05) is 0 Å². The zero-order valence-electron chi connectivity index (χ0n) is 11.9. The van der Waals surface area contributed by atoms with Crippen LogP contribution in [0.2, 0.25) is 0 Å². The summed E-state index contributed by atoms with van der Waals surface area (Å²) < 4.78 is 87.5. The molecule has 1 atom stereocenters. The van der Waals surface area contributed by atoms with Gasteiger partial charge in [0.2, 0.25) is 5.91 Å². The van der Waals surface area contributed by atoms with Gasteiger partial charge in [0.25, 0.3) is 0 Å². The number of hydrazone groups is 1. The van der Waals surface area contributed by atoms with Crippen LogP contribution in [0.1, 0.15) is 11.5 Å². The predicted octanol–water partition coefficient (Wildman–Crippen LogP) is 2.66. The van der Waals surface area contributed by atoms with Gasteiger partial charge in [0.1, 0.15) is 5.92 Å². The highest BCUT2D eigenvalue weighted by Gasteiger charge is 2.76. The predicted molar refractivity (Wildman–Crippen MR) is 70.4 cm³/mol. The first kappa shape index (κ1) is 18.7. The number of rotatable bonds is 4. The highest BCUT2D eigenvalue weighted by molar-refractivity contribution is 6.12. The minimum Gasteiger partial charge on any atom is -0.325 e. The Morgan fingerprint density at radius 1 is 1.12 bits per heavy atom. The largest absolute Gasteiger partial charge is 0.460 e. The van der Waals surface area contributed by atoms with Crippen LogP contribution in [0.4, 0.5) is 36.4 Å². The summed E-state index contributed by atoms with van der Waals surface area (Å²) in [6, 6.07) is 6.10. The molecule has 1 aromatic rings. The summed E-state index contributed by atoms with van der Waals surface area (Å²) in [5, 5.41) is 5.30. The van der Waals surface area contributed by atoms with Crippen molar-refractivity contribution in [3.05, 3.63) is 29.8 Å². The molecule has 0 saturated heterocycles. The molecule has 0 aromatic heterocycles. The summed E-state index contributed by atoms with van der Waals surface area (Å²) in [5.74, 6) is -17.4. The lowest BCUT2D eigenvalue weighted by atomic mass is 10.0. The normalized spacial score (nSPS) is 18.2. The number of fused-ring (bicyclic) bond motifs is 1. The Morgan fingerprint density at radius 2 is 1.72 bits per heavy atom. The van der Waals surface area contributed by atoms with Crippen LogP contribution in [0, 0.1) is 0 Å². The SMILES string of the molecule is O=C1Nc2ccccc2C1/C=N\NC(=O)C(F)(F)C(F)(F)C(F)(F)F. The van der Waals surface area contributed by atoms with Crippen LogP contribution in [0.25, 0.3) is 0 Å². The lowest BCUT2D eigenvalue weighted by molar-refractivity contribution is -0.344.